The van der Waals surface area contributed by atoms with Gasteiger partial charge in [-0.15, -0.1) is 0 Å². The van der Waals surface area contributed by atoms with Gasteiger partial charge in [-0.3, -0.25) is 23.9 Å². The quantitative estimate of drug-likeness (QED) is 0.186. The monoisotopic (exact) mass is 759 g/mol. The van der Waals surface area contributed by atoms with Crippen LogP contribution in [0.4, 0.5) is 15.3 Å². The molecule has 2 aliphatic carbocycles. The molecule has 1 aromatic carbocycles. The van der Waals surface area contributed by atoms with Gasteiger partial charge in [0.15, 0.2) is 0 Å². The topological polar surface area (TPSA) is 216 Å². The number of fused-ring (bicyclic) bond motifs is 2. The summed E-state index contributed by atoms with van der Waals surface area (Å²) in [7, 11) is -3.96. The Kier molecular flexibility index (Phi) is 12.3. The average molecular weight is 760 g/mol. The predicted molar refractivity (Wildman–Crippen MR) is 187 cm³/mol. The molecule has 2 saturated carbocycles. The predicted octanol–water partition coefficient (Wildman–Crippen LogP) is 1.66. The van der Waals surface area contributed by atoms with Gasteiger partial charge in [0.25, 0.3) is 5.91 Å². The molecule has 1 aromatic rings. The second-order valence-corrected chi connectivity index (χ2v) is 16.2. The van der Waals surface area contributed by atoms with Crippen molar-refractivity contribution >= 4 is 51.6 Å². The van der Waals surface area contributed by atoms with Crippen molar-refractivity contribution in [1.82, 2.24) is 20.3 Å². The molecule has 53 heavy (non-hydrogen) atoms. The fourth-order valence-electron chi connectivity index (χ4n) is 6.06. The number of carbonyl (C=O) groups excluding carboxylic acids is 6. The molecule has 18 heteroatoms. The van der Waals surface area contributed by atoms with Crippen molar-refractivity contribution in [2.45, 2.75) is 93.9 Å². The summed E-state index contributed by atoms with van der Waals surface area (Å²) >= 11 is 0. The van der Waals surface area contributed by atoms with E-state index in [9.17, 15) is 37.2 Å². The summed E-state index contributed by atoms with van der Waals surface area (Å²) in [6.07, 6.45) is 3.31. The van der Waals surface area contributed by atoms with E-state index in [2.05, 4.69) is 15.4 Å². The fraction of sp³-hybridized carbons (Fsp3) is 0.571. The first kappa shape index (κ1) is 39.4. The van der Waals surface area contributed by atoms with Crippen LogP contribution in [0, 0.1) is 5.92 Å². The zero-order chi connectivity index (χ0) is 38.4. The van der Waals surface area contributed by atoms with Crippen LogP contribution in [0.3, 0.4) is 0 Å². The molecule has 5 unspecified atom stereocenters. The van der Waals surface area contributed by atoms with E-state index in [-0.39, 0.29) is 44.9 Å². The minimum Gasteiger partial charge on any atom is -0.444 e. The second kappa shape index (κ2) is 16.5. The highest BCUT2D eigenvalue weighted by atomic mass is 32.2. The molecule has 0 aromatic heterocycles. The fourth-order valence-corrected chi connectivity index (χ4v) is 7.43. The smallest absolute Gasteiger partial charge is 0.439 e. The number of sulfonamides is 1. The minimum absolute atomic E-state index is 0.109. The lowest BCUT2D eigenvalue weighted by Crippen LogP contribution is -2.59. The molecule has 4 aliphatic rings. The van der Waals surface area contributed by atoms with Crippen LogP contribution in [-0.4, -0.2) is 110 Å². The number of rotatable bonds is 9. The van der Waals surface area contributed by atoms with Gasteiger partial charge in [0.05, 0.1) is 24.1 Å². The number of amides is 5. The number of nitrogens with one attached hydrogen (secondary N) is 3. The Morgan fingerprint density at radius 1 is 1.17 bits per heavy atom. The van der Waals surface area contributed by atoms with E-state index < -0.39 is 80.4 Å². The van der Waals surface area contributed by atoms with Crippen LogP contribution < -0.4 is 20.4 Å². The normalized spacial score (nSPS) is 26.3. The van der Waals surface area contributed by atoms with Crippen molar-refractivity contribution in [2.24, 2.45) is 5.92 Å². The Morgan fingerprint density at radius 3 is 2.58 bits per heavy atom. The molecule has 3 fully saturated rings. The highest BCUT2D eigenvalue weighted by Gasteiger charge is 2.62. The molecule has 5 rings (SSSR count). The summed E-state index contributed by atoms with van der Waals surface area (Å²) in [6.45, 7) is 4.26. The summed E-state index contributed by atoms with van der Waals surface area (Å²) in [5, 5.41) is 5.39. The summed E-state index contributed by atoms with van der Waals surface area (Å²) in [5.74, 6) is -1.42. The number of para-hydroxylation sites is 1. The molecule has 2 aliphatic heterocycles. The molecule has 0 spiro atoms. The number of ether oxygens (including phenoxy) is 3. The lowest BCUT2D eigenvalue weighted by molar-refractivity contribution is -0.142. The van der Waals surface area contributed by atoms with Crippen molar-refractivity contribution in [3.8, 4) is 0 Å². The van der Waals surface area contributed by atoms with E-state index in [1.807, 2.05) is 6.08 Å². The summed E-state index contributed by atoms with van der Waals surface area (Å²) in [6, 6.07) is 5.45. The van der Waals surface area contributed by atoms with Gasteiger partial charge < -0.3 is 29.7 Å². The maximum atomic E-state index is 14.3. The van der Waals surface area contributed by atoms with Gasteiger partial charge in [-0.2, -0.15) is 5.06 Å². The molecule has 5 atom stereocenters. The molecule has 0 bridgehead atoms. The van der Waals surface area contributed by atoms with E-state index in [4.69, 9.17) is 19.0 Å². The highest BCUT2D eigenvalue weighted by Crippen LogP contribution is 2.46. The number of allylic oxidation sites excluding steroid dienone is 1. The van der Waals surface area contributed by atoms with Gasteiger partial charge in [0.2, 0.25) is 21.8 Å². The SMILES string of the molecule is CC(C)(C)OC(=O)NC1COCCCC=CC2CC2(C(=O)NS(=O)(=O)C2CC2)NC(=O)C2CC(OC(=O)N(OCC=C=O)c3ccccc3)CN2C1=O. The van der Waals surface area contributed by atoms with Crippen LogP contribution >= 0.6 is 0 Å². The van der Waals surface area contributed by atoms with Crippen LogP contribution in [0.25, 0.3) is 0 Å². The van der Waals surface area contributed by atoms with E-state index in [0.717, 1.165) is 16.0 Å². The average Bonchev–Trinajstić information content (AvgIpc) is 4.02. The zero-order valence-corrected chi connectivity index (χ0v) is 30.6. The largest absolute Gasteiger partial charge is 0.444 e. The van der Waals surface area contributed by atoms with E-state index >= 15 is 0 Å². The van der Waals surface area contributed by atoms with Crippen molar-refractivity contribution in [2.75, 3.05) is 31.4 Å². The van der Waals surface area contributed by atoms with Gasteiger partial charge in [-0.05, 0) is 65.0 Å². The Labute approximate surface area is 307 Å². The molecular weight excluding hydrogens is 714 g/mol. The van der Waals surface area contributed by atoms with Crippen molar-refractivity contribution in [3.05, 3.63) is 48.6 Å². The third kappa shape index (κ3) is 10.2. The van der Waals surface area contributed by atoms with E-state index in [1.165, 1.54) is 0 Å². The highest BCUT2D eigenvalue weighted by molar-refractivity contribution is 7.91. The Bertz CT molecular complexity index is 1740. The van der Waals surface area contributed by atoms with Crippen LogP contribution in [0.15, 0.2) is 48.6 Å². The number of nitrogens with zero attached hydrogens (tertiary/aromatic N) is 2. The van der Waals surface area contributed by atoms with Gasteiger partial charge in [0.1, 0.15) is 41.9 Å². The minimum atomic E-state index is -3.96. The van der Waals surface area contributed by atoms with Gasteiger partial charge >= 0.3 is 12.2 Å². The van der Waals surface area contributed by atoms with Crippen molar-refractivity contribution in [3.63, 3.8) is 0 Å². The molecule has 17 nitrogen and oxygen atoms in total. The molecule has 3 N–H and O–H groups in total. The summed E-state index contributed by atoms with van der Waals surface area (Å²) in [4.78, 5) is 85.8. The van der Waals surface area contributed by atoms with Gasteiger partial charge in [-0.1, -0.05) is 30.4 Å². The number of alkyl carbamates (subject to hydrolysis) is 1. The lowest BCUT2D eigenvalue weighted by atomic mass is 10.1. The van der Waals surface area contributed by atoms with Gasteiger partial charge in [0, 0.05) is 25.0 Å². The first-order valence-electron chi connectivity index (χ1n) is 17.4. The molecular formula is C35H45N5O12S. The summed E-state index contributed by atoms with van der Waals surface area (Å²) < 4.78 is 44.5. The van der Waals surface area contributed by atoms with E-state index in [1.54, 1.807) is 63.1 Å². The molecule has 0 radical (unpaired) electrons. The number of hydroxylamine groups is 1. The van der Waals surface area contributed by atoms with Crippen LogP contribution in [0.1, 0.15) is 59.3 Å². The molecule has 1 saturated heterocycles. The van der Waals surface area contributed by atoms with Crippen LogP contribution in [0.5, 0.6) is 0 Å². The third-order valence-electron chi connectivity index (χ3n) is 8.91. The Balaban J connectivity index is 1.43. The Hall–Kier alpha value is -4.77. The molecule has 5 amide bonds. The lowest BCUT2D eigenvalue weighted by Gasteiger charge is -2.30. The Morgan fingerprint density at radius 2 is 1.91 bits per heavy atom. The first-order valence-corrected chi connectivity index (χ1v) is 19.0. The van der Waals surface area contributed by atoms with Crippen LogP contribution in [0.2, 0.25) is 0 Å². The number of hydrogen-bond donors (Lipinski definition) is 3. The number of benzene rings is 1. The standard InChI is InChI=1S/C35H45N5O12S/c1-34(2,3)52-32(45)36-27-22-49-17-9-5-6-11-23-20-35(23,31(44)38-53(47,48)26-14-15-26)37-29(42)28-19-25(21-39(28)30(27)43)51-33(46)40(50-18-10-16-41)24-12-7-4-8-13-24/h4,6-8,10-13,23,25-28H,5,9,14-15,17-22H2,1-3H3,(H,36,45)(H,37,42)(H,38,44). The number of hydrogen-bond acceptors (Lipinski definition) is 12. The second-order valence-electron chi connectivity index (χ2n) is 14.3. The van der Waals surface area contributed by atoms with Crippen molar-refractivity contribution < 1.29 is 56.2 Å². The zero-order valence-electron chi connectivity index (χ0n) is 29.8. The first-order chi connectivity index (χ1) is 25.1. The van der Waals surface area contributed by atoms with Crippen molar-refractivity contribution in [1.29, 1.82) is 0 Å². The number of carbonyl (C=O) groups is 5. The number of anilines is 1. The summed E-state index contributed by atoms with van der Waals surface area (Å²) in [5.41, 5.74) is -2.25. The van der Waals surface area contributed by atoms with E-state index in [0.29, 0.717) is 25.7 Å². The molecule has 2 heterocycles. The maximum Gasteiger partial charge on any atom is 0.439 e. The molecule has 288 valence electrons. The maximum absolute atomic E-state index is 14.3. The van der Waals surface area contributed by atoms with Crippen LogP contribution in [-0.2, 0) is 48.2 Å². The third-order valence-corrected chi connectivity index (χ3v) is 10.7. The van der Waals surface area contributed by atoms with Gasteiger partial charge in [-0.25, -0.2) is 22.8 Å².